The molecule has 0 aromatic carbocycles. The van der Waals surface area contributed by atoms with Gasteiger partial charge in [0.15, 0.2) is 0 Å². The van der Waals surface area contributed by atoms with Gasteiger partial charge in [0.25, 0.3) is 0 Å². The third-order valence-corrected chi connectivity index (χ3v) is 4.64. The maximum atomic E-state index is 5.78. The molecular weight excluding hydrogens is 218 g/mol. The molecule has 1 aromatic rings. The summed E-state index contributed by atoms with van der Waals surface area (Å²) in [6, 6.07) is 2.57. The molecule has 0 spiro atoms. The largest absolute Gasteiger partial charge is 0.365 e. The summed E-state index contributed by atoms with van der Waals surface area (Å²) < 4.78 is 0. The van der Waals surface area contributed by atoms with Crippen molar-refractivity contribution in [1.29, 1.82) is 0 Å². The van der Waals surface area contributed by atoms with Crippen LogP contribution in [0.4, 0.5) is 5.69 Å². The molecule has 2 atom stereocenters. The molecule has 1 aromatic heterocycles. The highest BCUT2D eigenvalue weighted by molar-refractivity contribution is 8.00. The summed E-state index contributed by atoms with van der Waals surface area (Å²) in [5, 5.41) is 0.666. The van der Waals surface area contributed by atoms with Crippen LogP contribution in [0.5, 0.6) is 0 Å². The van der Waals surface area contributed by atoms with E-state index in [0.29, 0.717) is 17.8 Å². The van der Waals surface area contributed by atoms with Crippen LogP contribution in [0.3, 0.4) is 0 Å². The number of nitrogens with two attached hydrogens (primary N) is 1. The molecule has 2 rings (SSSR count). The molecule has 2 N–H and O–H groups in total. The van der Waals surface area contributed by atoms with Crippen LogP contribution in [0.25, 0.3) is 0 Å². The van der Waals surface area contributed by atoms with Gasteiger partial charge in [-0.15, -0.1) is 0 Å². The summed E-state index contributed by atoms with van der Waals surface area (Å²) in [5.41, 5.74) is 8.19. The van der Waals surface area contributed by atoms with Gasteiger partial charge in [-0.1, -0.05) is 6.92 Å². The topological polar surface area (TPSA) is 42.2 Å². The smallest absolute Gasteiger partial charge is 0.0601 e. The summed E-state index contributed by atoms with van der Waals surface area (Å²) in [4.78, 5) is 6.66. The van der Waals surface area contributed by atoms with Gasteiger partial charge in [0.2, 0.25) is 0 Å². The van der Waals surface area contributed by atoms with Crippen molar-refractivity contribution in [2.75, 3.05) is 17.2 Å². The van der Waals surface area contributed by atoms with Crippen LogP contribution in [-0.4, -0.2) is 28.6 Å². The molecule has 2 heterocycles. The number of aromatic nitrogens is 1. The van der Waals surface area contributed by atoms with E-state index in [4.69, 9.17) is 5.73 Å². The van der Waals surface area contributed by atoms with Gasteiger partial charge in [-0.2, -0.15) is 11.8 Å². The molecule has 1 saturated heterocycles. The molecule has 1 aliphatic heterocycles. The molecule has 0 aliphatic carbocycles. The molecule has 2 unspecified atom stereocenters. The first-order chi connectivity index (χ1) is 7.74. The van der Waals surface area contributed by atoms with E-state index in [1.165, 1.54) is 17.0 Å². The van der Waals surface area contributed by atoms with Gasteiger partial charge in [-0.05, 0) is 18.6 Å². The second kappa shape index (κ2) is 5.06. The van der Waals surface area contributed by atoms with Gasteiger partial charge in [0.1, 0.15) is 0 Å². The summed E-state index contributed by atoms with van der Waals surface area (Å²) in [6.07, 6.45) is 3.76. The summed E-state index contributed by atoms with van der Waals surface area (Å²) in [7, 11) is 0. The number of hydrogen-bond acceptors (Lipinski definition) is 4. The predicted octanol–water partition coefficient (Wildman–Crippen LogP) is 1.87. The van der Waals surface area contributed by atoms with E-state index in [0.717, 1.165) is 6.54 Å². The standard InChI is InChI=1S/C12H19N3S/c1-9-10(2)16-6-5-15(9)12-8-14-4-3-11(12)7-13/h3-4,8-10H,5-7,13H2,1-2H3. The van der Waals surface area contributed by atoms with Gasteiger partial charge in [0.05, 0.1) is 11.9 Å². The Morgan fingerprint density at radius 1 is 1.56 bits per heavy atom. The zero-order valence-electron chi connectivity index (χ0n) is 9.89. The molecule has 0 radical (unpaired) electrons. The molecule has 88 valence electrons. The Hall–Kier alpha value is -0.740. The van der Waals surface area contributed by atoms with Crippen molar-refractivity contribution in [3.63, 3.8) is 0 Å². The number of thioether (sulfide) groups is 1. The minimum Gasteiger partial charge on any atom is -0.365 e. The highest BCUT2D eigenvalue weighted by Gasteiger charge is 2.26. The van der Waals surface area contributed by atoms with Gasteiger partial charge < -0.3 is 10.6 Å². The third-order valence-electron chi connectivity index (χ3n) is 3.30. The Labute approximate surface area is 101 Å². The number of hydrogen-bond donors (Lipinski definition) is 1. The highest BCUT2D eigenvalue weighted by atomic mass is 32.2. The number of anilines is 1. The molecule has 1 aliphatic rings. The maximum Gasteiger partial charge on any atom is 0.0601 e. The second-order valence-corrected chi connectivity index (χ2v) is 5.70. The third kappa shape index (κ3) is 2.18. The summed E-state index contributed by atoms with van der Waals surface area (Å²) >= 11 is 2.04. The average Bonchev–Trinajstić information content (AvgIpc) is 2.33. The van der Waals surface area contributed by atoms with E-state index in [1.54, 1.807) is 0 Å². The van der Waals surface area contributed by atoms with E-state index in [2.05, 4.69) is 23.7 Å². The molecular formula is C12H19N3S. The van der Waals surface area contributed by atoms with Crippen molar-refractivity contribution in [2.24, 2.45) is 5.73 Å². The van der Waals surface area contributed by atoms with Crippen LogP contribution in [-0.2, 0) is 6.54 Å². The van der Waals surface area contributed by atoms with E-state index < -0.39 is 0 Å². The number of nitrogens with zero attached hydrogens (tertiary/aromatic N) is 2. The Morgan fingerprint density at radius 2 is 2.38 bits per heavy atom. The normalized spacial score (nSPS) is 25.8. The first kappa shape index (κ1) is 11.7. The van der Waals surface area contributed by atoms with Crippen LogP contribution in [0, 0.1) is 0 Å². The Morgan fingerprint density at radius 3 is 3.12 bits per heavy atom. The van der Waals surface area contributed by atoms with Gasteiger partial charge in [-0.3, -0.25) is 4.98 Å². The summed E-state index contributed by atoms with van der Waals surface area (Å²) in [5.74, 6) is 1.18. The molecule has 3 nitrogen and oxygen atoms in total. The van der Waals surface area contributed by atoms with E-state index >= 15 is 0 Å². The van der Waals surface area contributed by atoms with Crippen LogP contribution in [0.15, 0.2) is 18.5 Å². The van der Waals surface area contributed by atoms with Crippen molar-refractivity contribution in [1.82, 2.24) is 4.98 Å². The molecule has 1 fully saturated rings. The minimum absolute atomic E-state index is 0.549. The van der Waals surface area contributed by atoms with Crippen molar-refractivity contribution in [3.8, 4) is 0 Å². The lowest BCUT2D eigenvalue weighted by molar-refractivity contribution is 0.624. The Balaban J connectivity index is 2.28. The van der Waals surface area contributed by atoms with Crippen LogP contribution in [0.1, 0.15) is 19.4 Å². The Bertz CT molecular complexity index is 356. The quantitative estimate of drug-likeness (QED) is 0.852. The first-order valence-electron chi connectivity index (χ1n) is 5.75. The Kier molecular flexibility index (Phi) is 3.71. The van der Waals surface area contributed by atoms with Crippen LogP contribution < -0.4 is 10.6 Å². The first-order valence-corrected chi connectivity index (χ1v) is 6.80. The fraction of sp³-hybridized carbons (Fsp3) is 0.583. The maximum absolute atomic E-state index is 5.78. The fourth-order valence-electron chi connectivity index (χ4n) is 2.12. The van der Waals surface area contributed by atoms with Gasteiger partial charge in [0, 0.05) is 36.3 Å². The van der Waals surface area contributed by atoms with Crippen LogP contribution >= 0.6 is 11.8 Å². The second-order valence-electron chi connectivity index (χ2n) is 4.22. The van der Waals surface area contributed by atoms with E-state index in [9.17, 15) is 0 Å². The SMILES string of the molecule is CC1SCCN(c2cnccc2CN)C1C. The van der Waals surface area contributed by atoms with Crippen molar-refractivity contribution < 1.29 is 0 Å². The molecule has 0 amide bonds. The van der Waals surface area contributed by atoms with Crippen molar-refractivity contribution in [3.05, 3.63) is 24.0 Å². The fourth-order valence-corrected chi connectivity index (χ4v) is 3.22. The molecule has 16 heavy (non-hydrogen) atoms. The molecule has 0 saturated carbocycles. The minimum atomic E-state index is 0.549. The number of pyridine rings is 1. The highest BCUT2D eigenvalue weighted by Crippen LogP contribution is 2.30. The van der Waals surface area contributed by atoms with Crippen LogP contribution in [0.2, 0.25) is 0 Å². The zero-order valence-corrected chi connectivity index (χ0v) is 10.7. The lowest BCUT2D eigenvalue weighted by Gasteiger charge is -2.39. The zero-order chi connectivity index (χ0) is 11.5. The molecule has 4 heteroatoms. The lowest BCUT2D eigenvalue weighted by Crippen LogP contribution is -2.45. The monoisotopic (exact) mass is 237 g/mol. The van der Waals surface area contributed by atoms with E-state index in [-0.39, 0.29) is 0 Å². The van der Waals surface area contributed by atoms with E-state index in [1.807, 2.05) is 30.2 Å². The van der Waals surface area contributed by atoms with Gasteiger partial charge in [-0.25, -0.2) is 0 Å². The van der Waals surface area contributed by atoms with Crippen molar-refractivity contribution >= 4 is 17.4 Å². The molecule has 0 bridgehead atoms. The predicted molar refractivity (Wildman–Crippen MR) is 70.9 cm³/mol. The van der Waals surface area contributed by atoms with Gasteiger partial charge >= 0.3 is 0 Å². The lowest BCUT2D eigenvalue weighted by atomic mass is 10.1. The average molecular weight is 237 g/mol. The van der Waals surface area contributed by atoms with Crippen molar-refractivity contribution in [2.45, 2.75) is 31.7 Å². The summed E-state index contributed by atoms with van der Waals surface area (Å²) in [6.45, 7) is 6.25. The number of rotatable bonds is 2.